The summed E-state index contributed by atoms with van der Waals surface area (Å²) in [6, 6.07) is 0.125. The van der Waals surface area contributed by atoms with Gasteiger partial charge in [-0.2, -0.15) is 0 Å². The third kappa shape index (κ3) is 6.26. The molecule has 0 bridgehead atoms. The number of amides is 1. The molecule has 1 rings (SSSR count). The molecule has 2 N–H and O–H groups in total. The summed E-state index contributed by atoms with van der Waals surface area (Å²) in [7, 11) is 0. The molecular formula is C12H23F2N3O. The number of piperidine rings is 1. The molecule has 0 spiro atoms. The second-order valence-electron chi connectivity index (χ2n) is 5.08. The number of hydrogen-bond donors (Lipinski definition) is 2. The maximum absolute atomic E-state index is 12.2. The van der Waals surface area contributed by atoms with E-state index in [4.69, 9.17) is 0 Å². The topological polar surface area (TPSA) is 44.4 Å². The number of rotatable bonds is 6. The number of likely N-dealkylation sites (tertiary alicyclic amines) is 1. The van der Waals surface area contributed by atoms with Crippen molar-refractivity contribution < 1.29 is 13.6 Å². The van der Waals surface area contributed by atoms with Crippen molar-refractivity contribution in [1.82, 2.24) is 15.5 Å². The lowest BCUT2D eigenvalue weighted by atomic mass is 9.96. The van der Waals surface area contributed by atoms with Crippen LogP contribution in [0.3, 0.4) is 0 Å². The molecule has 2 unspecified atom stereocenters. The van der Waals surface area contributed by atoms with E-state index in [0.717, 1.165) is 26.1 Å². The summed E-state index contributed by atoms with van der Waals surface area (Å²) in [6.45, 7) is 6.51. The number of carbonyl (C=O) groups is 1. The number of alkyl halides is 2. The summed E-state index contributed by atoms with van der Waals surface area (Å²) in [6.07, 6.45) is -1.36. The molecular weight excluding hydrogens is 240 g/mol. The monoisotopic (exact) mass is 263 g/mol. The molecule has 18 heavy (non-hydrogen) atoms. The number of nitrogens with zero attached hydrogens (tertiary/aromatic N) is 1. The third-order valence-electron chi connectivity index (χ3n) is 3.10. The van der Waals surface area contributed by atoms with Crippen LogP contribution >= 0.6 is 0 Å². The van der Waals surface area contributed by atoms with Gasteiger partial charge < -0.3 is 10.6 Å². The molecule has 106 valence electrons. The molecule has 6 heteroatoms. The predicted molar refractivity (Wildman–Crippen MR) is 66.7 cm³/mol. The van der Waals surface area contributed by atoms with Crippen LogP contribution in [0.4, 0.5) is 8.78 Å². The van der Waals surface area contributed by atoms with Crippen LogP contribution in [0.15, 0.2) is 0 Å². The van der Waals surface area contributed by atoms with Gasteiger partial charge in [-0.3, -0.25) is 9.69 Å². The Hall–Kier alpha value is -0.750. The quantitative estimate of drug-likeness (QED) is 0.741. The van der Waals surface area contributed by atoms with E-state index in [0.29, 0.717) is 12.5 Å². The highest BCUT2D eigenvalue weighted by atomic mass is 19.3. The molecule has 0 radical (unpaired) electrons. The number of halogens is 2. The molecule has 1 heterocycles. The zero-order valence-electron chi connectivity index (χ0n) is 11.1. The van der Waals surface area contributed by atoms with E-state index in [9.17, 15) is 13.6 Å². The van der Waals surface area contributed by atoms with Crippen molar-refractivity contribution in [3.8, 4) is 0 Å². The predicted octanol–water partition coefficient (Wildman–Crippen LogP) is 0.688. The maximum atomic E-state index is 12.2. The summed E-state index contributed by atoms with van der Waals surface area (Å²) in [5.41, 5.74) is 0. The van der Waals surface area contributed by atoms with Crippen molar-refractivity contribution in [1.29, 1.82) is 0 Å². The largest absolute Gasteiger partial charge is 0.355 e. The maximum Gasteiger partial charge on any atom is 0.250 e. The van der Waals surface area contributed by atoms with Gasteiger partial charge in [0.2, 0.25) is 5.91 Å². The average molecular weight is 263 g/mol. The van der Waals surface area contributed by atoms with Crippen LogP contribution in [0.25, 0.3) is 0 Å². The fourth-order valence-electron chi connectivity index (χ4n) is 2.44. The number of carbonyl (C=O) groups excluding carboxylic acids is 1. The molecule has 2 atom stereocenters. The first-order valence-electron chi connectivity index (χ1n) is 6.45. The Bertz CT molecular complexity index is 264. The van der Waals surface area contributed by atoms with E-state index >= 15 is 0 Å². The van der Waals surface area contributed by atoms with Gasteiger partial charge in [-0.05, 0) is 12.3 Å². The van der Waals surface area contributed by atoms with Crippen LogP contribution in [0.5, 0.6) is 0 Å². The van der Waals surface area contributed by atoms with E-state index in [1.165, 1.54) is 6.92 Å². The lowest BCUT2D eigenvalue weighted by Gasteiger charge is -2.37. The van der Waals surface area contributed by atoms with E-state index in [-0.39, 0.29) is 18.5 Å². The Balaban J connectivity index is 2.28. The van der Waals surface area contributed by atoms with Gasteiger partial charge >= 0.3 is 0 Å². The smallest absolute Gasteiger partial charge is 0.250 e. The lowest BCUT2D eigenvalue weighted by Crippen LogP contribution is -2.51. The fourth-order valence-corrected chi connectivity index (χ4v) is 2.44. The lowest BCUT2D eigenvalue weighted by molar-refractivity contribution is -0.119. The standard InChI is InChI=1S/C12H23F2N3O/c1-9-5-11(16-6-12(13)14)8-17(7-9)4-3-15-10(2)18/h9,11-12,16H,3-8H2,1-2H3,(H,15,18). The van der Waals surface area contributed by atoms with E-state index in [2.05, 4.69) is 22.5 Å². The minimum Gasteiger partial charge on any atom is -0.355 e. The highest BCUT2D eigenvalue weighted by Gasteiger charge is 2.24. The Morgan fingerprint density at radius 1 is 1.44 bits per heavy atom. The number of hydrogen-bond acceptors (Lipinski definition) is 3. The van der Waals surface area contributed by atoms with Crippen LogP contribution in [-0.2, 0) is 4.79 Å². The molecule has 0 saturated carbocycles. The first-order chi connectivity index (χ1) is 8.47. The van der Waals surface area contributed by atoms with Gasteiger partial charge in [0.15, 0.2) is 0 Å². The molecule has 0 aromatic heterocycles. The number of nitrogens with one attached hydrogen (secondary N) is 2. The summed E-state index contributed by atoms with van der Waals surface area (Å²) in [4.78, 5) is 13.0. The van der Waals surface area contributed by atoms with Crippen LogP contribution in [-0.4, -0.2) is 56.0 Å². The minimum absolute atomic E-state index is 0.0348. The normalized spacial score (nSPS) is 25.4. The van der Waals surface area contributed by atoms with Gasteiger partial charge in [-0.1, -0.05) is 6.92 Å². The highest BCUT2D eigenvalue weighted by molar-refractivity contribution is 5.72. The first kappa shape index (κ1) is 15.3. The van der Waals surface area contributed by atoms with Crippen LogP contribution in [0.2, 0.25) is 0 Å². The first-order valence-corrected chi connectivity index (χ1v) is 6.45. The summed E-state index contributed by atoms with van der Waals surface area (Å²) < 4.78 is 24.3. The summed E-state index contributed by atoms with van der Waals surface area (Å²) in [5.74, 6) is 0.457. The SMILES string of the molecule is CC(=O)NCCN1CC(C)CC(NCC(F)F)C1. The molecule has 1 aliphatic heterocycles. The summed E-state index contributed by atoms with van der Waals surface area (Å²) >= 11 is 0. The van der Waals surface area contributed by atoms with Crippen molar-refractivity contribution in [2.45, 2.75) is 32.7 Å². The molecule has 1 saturated heterocycles. The third-order valence-corrected chi connectivity index (χ3v) is 3.10. The Labute approximate surface area is 107 Å². The van der Waals surface area contributed by atoms with Gasteiger partial charge in [0.05, 0.1) is 6.54 Å². The van der Waals surface area contributed by atoms with Gasteiger partial charge in [0, 0.05) is 39.1 Å². The van der Waals surface area contributed by atoms with Crippen LogP contribution in [0, 0.1) is 5.92 Å². The summed E-state index contributed by atoms with van der Waals surface area (Å²) in [5, 5.41) is 5.65. The second-order valence-corrected chi connectivity index (χ2v) is 5.08. The molecule has 0 aromatic rings. The highest BCUT2D eigenvalue weighted by Crippen LogP contribution is 2.16. The molecule has 1 fully saturated rings. The second kappa shape index (κ2) is 7.63. The fraction of sp³-hybridized carbons (Fsp3) is 0.917. The Morgan fingerprint density at radius 3 is 2.78 bits per heavy atom. The molecule has 0 aliphatic carbocycles. The van der Waals surface area contributed by atoms with E-state index in [1.807, 2.05) is 0 Å². The van der Waals surface area contributed by atoms with Crippen molar-refractivity contribution in [2.24, 2.45) is 5.92 Å². The van der Waals surface area contributed by atoms with Gasteiger partial charge in [-0.15, -0.1) is 0 Å². The van der Waals surface area contributed by atoms with Gasteiger partial charge in [0.25, 0.3) is 6.43 Å². The molecule has 1 aliphatic rings. The van der Waals surface area contributed by atoms with E-state index < -0.39 is 6.43 Å². The van der Waals surface area contributed by atoms with E-state index in [1.54, 1.807) is 0 Å². The molecule has 1 amide bonds. The van der Waals surface area contributed by atoms with Crippen LogP contribution in [0.1, 0.15) is 20.3 Å². The minimum atomic E-state index is -2.30. The van der Waals surface area contributed by atoms with Gasteiger partial charge in [-0.25, -0.2) is 8.78 Å². The Kier molecular flexibility index (Phi) is 6.49. The van der Waals surface area contributed by atoms with Gasteiger partial charge in [0.1, 0.15) is 0 Å². The zero-order chi connectivity index (χ0) is 13.5. The van der Waals surface area contributed by atoms with Crippen molar-refractivity contribution in [3.63, 3.8) is 0 Å². The van der Waals surface area contributed by atoms with Crippen molar-refractivity contribution in [3.05, 3.63) is 0 Å². The van der Waals surface area contributed by atoms with Crippen LogP contribution < -0.4 is 10.6 Å². The van der Waals surface area contributed by atoms with Crippen molar-refractivity contribution >= 4 is 5.91 Å². The molecule has 0 aromatic carbocycles. The zero-order valence-corrected chi connectivity index (χ0v) is 11.1. The Morgan fingerprint density at radius 2 is 2.17 bits per heavy atom. The van der Waals surface area contributed by atoms with Crippen molar-refractivity contribution in [2.75, 3.05) is 32.7 Å². The average Bonchev–Trinajstić information content (AvgIpc) is 2.25. The molecule has 4 nitrogen and oxygen atoms in total.